The monoisotopic (exact) mass is 319 g/mol. The van der Waals surface area contributed by atoms with Crippen molar-refractivity contribution in [2.75, 3.05) is 10.6 Å². The number of nitrogens with zero attached hydrogens (tertiary/aromatic N) is 3. The molecule has 0 unspecified atom stereocenters. The van der Waals surface area contributed by atoms with Crippen molar-refractivity contribution < 1.29 is 0 Å². The molecule has 0 fully saturated rings. The Morgan fingerprint density at radius 3 is 2.75 bits per heavy atom. The predicted octanol–water partition coefficient (Wildman–Crippen LogP) is 4.37. The lowest BCUT2D eigenvalue weighted by Gasteiger charge is -2.18. The van der Waals surface area contributed by atoms with Gasteiger partial charge in [0, 0.05) is 30.1 Å². The number of benzene rings is 1. The molecule has 0 amide bonds. The summed E-state index contributed by atoms with van der Waals surface area (Å²) >= 11 is 0. The molecule has 0 saturated heterocycles. The number of hydrogen-bond acceptors (Lipinski definition) is 4. The molecule has 0 aliphatic carbocycles. The van der Waals surface area contributed by atoms with Gasteiger partial charge in [-0.25, -0.2) is 4.98 Å². The zero-order valence-electron chi connectivity index (χ0n) is 14.2. The lowest BCUT2D eigenvalue weighted by molar-refractivity contribution is 0.355. The second-order valence-electron chi connectivity index (χ2n) is 7.09. The van der Waals surface area contributed by atoms with Crippen molar-refractivity contribution in [3.63, 3.8) is 0 Å². The molecule has 1 aliphatic rings. The minimum absolute atomic E-state index is 0.0168. The minimum Gasteiger partial charge on any atom is -0.379 e. The van der Waals surface area contributed by atoms with Crippen LogP contribution in [0.1, 0.15) is 26.3 Å². The van der Waals surface area contributed by atoms with E-state index in [1.807, 2.05) is 23.1 Å². The molecule has 1 aliphatic heterocycles. The van der Waals surface area contributed by atoms with E-state index in [1.165, 1.54) is 0 Å². The van der Waals surface area contributed by atoms with Gasteiger partial charge in [-0.2, -0.15) is 5.10 Å². The highest BCUT2D eigenvalue weighted by Crippen LogP contribution is 2.34. The van der Waals surface area contributed by atoms with Crippen molar-refractivity contribution >= 4 is 17.2 Å². The van der Waals surface area contributed by atoms with E-state index in [0.717, 1.165) is 40.4 Å². The fourth-order valence-electron chi connectivity index (χ4n) is 2.83. The van der Waals surface area contributed by atoms with E-state index in [1.54, 1.807) is 0 Å². The predicted molar refractivity (Wildman–Crippen MR) is 97.5 cm³/mol. The number of rotatable bonds is 1. The van der Waals surface area contributed by atoms with Gasteiger partial charge in [0.15, 0.2) is 0 Å². The third-order valence-electron chi connectivity index (χ3n) is 4.24. The number of nitrogens with one attached hydrogen (secondary N) is 2. The van der Waals surface area contributed by atoms with Crippen molar-refractivity contribution in [3.8, 4) is 11.1 Å². The normalized spacial score (nSPS) is 13.3. The maximum absolute atomic E-state index is 4.50. The van der Waals surface area contributed by atoms with Crippen LogP contribution in [0.5, 0.6) is 0 Å². The largest absolute Gasteiger partial charge is 0.379 e. The van der Waals surface area contributed by atoms with E-state index in [2.05, 4.69) is 71.9 Å². The van der Waals surface area contributed by atoms with E-state index in [4.69, 9.17) is 0 Å². The van der Waals surface area contributed by atoms with Crippen LogP contribution >= 0.6 is 0 Å². The molecule has 24 heavy (non-hydrogen) atoms. The second-order valence-corrected chi connectivity index (χ2v) is 7.09. The van der Waals surface area contributed by atoms with Gasteiger partial charge in [0.1, 0.15) is 5.82 Å². The summed E-state index contributed by atoms with van der Waals surface area (Å²) in [7, 11) is 0. The Balaban J connectivity index is 1.69. The first kappa shape index (κ1) is 14.8. The summed E-state index contributed by atoms with van der Waals surface area (Å²) in [5.41, 5.74) is 5.54. The SMILES string of the molecule is CC(C)(C)n1cc(-c2ccc3c(c2)NCc2cccnc2N3)cn1. The van der Waals surface area contributed by atoms with Crippen molar-refractivity contribution in [2.24, 2.45) is 0 Å². The van der Waals surface area contributed by atoms with Gasteiger partial charge in [-0.15, -0.1) is 0 Å². The molecule has 0 saturated carbocycles. The Labute approximate surface area is 141 Å². The molecule has 2 N–H and O–H groups in total. The summed E-state index contributed by atoms with van der Waals surface area (Å²) in [4.78, 5) is 4.42. The first-order valence-electron chi connectivity index (χ1n) is 8.15. The maximum atomic E-state index is 4.50. The molecule has 5 nitrogen and oxygen atoms in total. The molecule has 0 bridgehead atoms. The quantitative estimate of drug-likeness (QED) is 0.699. The standard InChI is InChI=1S/C19H21N5/c1-19(2,3)24-12-15(11-22-24)13-6-7-16-17(9-13)21-10-14-5-4-8-20-18(14)23-16/h4-9,11-12,21H,10H2,1-3H3,(H,20,23). The Hall–Kier alpha value is -2.82. The Morgan fingerprint density at radius 1 is 1.08 bits per heavy atom. The van der Waals surface area contributed by atoms with Crippen molar-refractivity contribution in [1.29, 1.82) is 0 Å². The molecule has 5 heteroatoms. The van der Waals surface area contributed by atoms with Crippen molar-refractivity contribution in [3.05, 3.63) is 54.5 Å². The molecule has 122 valence electrons. The lowest BCUT2D eigenvalue weighted by Crippen LogP contribution is -2.21. The van der Waals surface area contributed by atoms with E-state index < -0.39 is 0 Å². The second kappa shape index (κ2) is 5.37. The van der Waals surface area contributed by atoms with Crippen LogP contribution in [-0.4, -0.2) is 14.8 Å². The smallest absolute Gasteiger partial charge is 0.135 e. The Morgan fingerprint density at radius 2 is 1.96 bits per heavy atom. The molecule has 2 aromatic heterocycles. The Kier molecular flexibility index (Phi) is 3.30. The van der Waals surface area contributed by atoms with Crippen LogP contribution in [0.3, 0.4) is 0 Å². The average molecular weight is 319 g/mol. The first-order valence-corrected chi connectivity index (χ1v) is 8.15. The summed E-state index contributed by atoms with van der Waals surface area (Å²) in [5.74, 6) is 0.914. The molecule has 3 aromatic rings. The van der Waals surface area contributed by atoms with Gasteiger partial charge in [0.05, 0.1) is 23.1 Å². The number of pyridine rings is 1. The number of aromatic nitrogens is 3. The van der Waals surface area contributed by atoms with E-state index in [-0.39, 0.29) is 5.54 Å². The molecule has 0 radical (unpaired) electrons. The fourth-order valence-corrected chi connectivity index (χ4v) is 2.83. The third kappa shape index (κ3) is 2.62. The molecule has 0 atom stereocenters. The summed E-state index contributed by atoms with van der Waals surface area (Å²) in [6.45, 7) is 7.21. The van der Waals surface area contributed by atoms with Crippen LogP contribution in [0.15, 0.2) is 48.9 Å². The van der Waals surface area contributed by atoms with Crippen LogP contribution in [0.4, 0.5) is 17.2 Å². The van der Waals surface area contributed by atoms with Crippen molar-refractivity contribution in [2.45, 2.75) is 32.9 Å². The van der Waals surface area contributed by atoms with Crippen LogP contribution in [-0.2, 0) is 12.1 Å². The summed E-state index contributed by atoms with van der Waals surface area (Å²) in [5, 5.41) is 11.4. The number of anilines is 3. The third-order valence-corrected chi connectivity index (χ3v) is 4.24. The van der Waals surface area contributed by atoms with Gasteiger partial charge in [-0.05, 0) is 44.5 Å². The highest BCUT2D eigenvalue weighted by atomic mass is 15.3. The van der Waals surface area contributed by atoms with Crippen molar-refractivity contribution in [1.82, 2.24) is 14.8 Å². The van der Waals surface area contributed by atoms with E-state index >= 15 is 0 Å². The Bertz CT molecular complexity index is 889. The number of fused-ring (bicyclic) bond motifs is 2. The van der Waals surface area contributed by atoms with Gasteiger partial charge >= 0.3 is 0 Å². The minimum atomic E-state index is -0.0168. The zero-order valence-corrected chi connectivity index (χ0v) is 14.2. The van der Waals surface area contributed by atoms with Crippen LogP contribution in [0.25, 0.3) is 11.1 Å². The molecule has 0 spiro atoms. The average Bonchev–Trinajstić information content (AvgIpc) is 2.98. The topological polar surface area (TPSA) is 54.8 Å². The molecule has 3 heterocycles. The van der Waals surface area contributed by atoms with E-state index in [9.17, 15) is 0 Å². The molecular formula is C19H21N5. The number of hydrogen-bond donors (Lipinski definition) is 2. The first-order chi connectivity index (χ1) is 11.5. The molecule has 4 rings (SSSR count). The van der Waals surface area contributed by atoms with Gasteiger partial charge in [-0.3, -0.25) is 4.68 Å². The summed E-state index contributed by atoms with van der Waals surface area (Å²) < 4.78 is 2.00. The van der Waals surface area contributed by atoms with Gasteiger partial charge in [0.25, 0.3) is 0 Å². The van der Waals surface area contributed by atoms with Gasteiger partial charge in [-0.1, -0.05) is 12.1 Å². The lowest BCUT2D eigenvalue weighted by atomic mass is 10.1. The highest BCUT2D eigenvalue weighted by molar-refractivity contribution is 5.81. The fraction of sp³-hybridized carbons (Fsp3) is 0.263. The maximum Gasteiger partial charge on any atom is 0.135 e. The van der Waals surface area contributed by atoms with Crippen LogP contribution in [0, 0.1) is 0 Å². The van der Waals surface area contributed by atoms with Crippen LogP contribution in [0.2, 0.25) is 0 Å². The molecular weight excluding hydrogens is 298 g/mol. The summed E-state index contributed by atoms with van der Waals surface area (Å²) in [6, 6.07) is 10.4. The molecule has 1 aromatic carbocycles. The zero-order chi connectivity index (χ0) is 16.7. The van der Waals surface area contributed by atoms with E-state index in [0.29, 0.717) is 0 Å². The van der Waals surface area contributed by atoms with Crippen LogP contribution < -0.4 is 10.6 Å². The van der Waals surface area contributed by atoms with Gasteiger partial charge in [0.2, 0.25) is 0 Å². The van der Waals surface area contributed by atoms with Gasteiger partial charge < -0.3 is 10.6 Å². The highest BCUT2D eigenvalue weighted by Gasteiger charge is 2.16. The summed E-state index contributed by atoms with van der Waals surface area (Å²) in [6.07, 6.45) is 5.83.